The van der Waals surface area contributed by atoms with Crippen molar-refractivity contribution in [2.75, 3.05) is 0 Å². The predicted molar refractivity (Wildman–Crippen MR) is 89.0 cm³/mol. The van der Waals surface area contributed by atoms with Crippen molar-refractivity contribution in [1.82, 2.24) is 14.5 Å². The summed E-state index contributed by atoms with van der Waals surface area (Å²) in [6.07, 6.45) is 1.81. The standard InChI is InChI=1S/C19H15N3/c1-14-9-11-15(12-10-14)19-21-16-6-2-3-7-17(16)22(19)18-8-4-5-13-20-18/h2-13H,1H3. The Bertz CT molecular complexity index is 922. The molecule has 0 saturated carbocycles. The van der Waals surface area contributed by atoms with E-state index in [-0.39, 0.29) is 0 Å². The highest BCUT2D eigenvalue weighted by Crippen LogP contribution is 2.27. The third-order valence-corrected chi connectivity index (χ3v) is 3.75. The van der Waals surface area contributed by atoms with Gasteiger partial charge in [0.2, 0.25) is 0 Å². The lowest BCUT2D eigenvalue weighted by Gasteiger charge is -2.08. The van der Waals surface area contributed by atoms with Crippen molar-refractivity contribution in [2.45, 2.75) is 6.92 Å². The smallest absolute Gasteiger partial charge is 0.146 e. The van der Waals surface area contributed by atoms with Crippen LogP contribution in [0.15, 0.2) is 72.9 Å². The van der Waals surface area contributed by atoms with Gasteiger partial charge in [0.25, 0.3) is 0 Å². The Morgan fingerprint density at radius 1 is 0.818 bits per heavy atom. The van der Waals surface area contributed by atoms with Gasteiger partial charge in [-0.1, -0.05) is 48.0 Å². The molecule has 3 heteroatoms. The van der Waals surface area contributed by atoms with Crippen LogP contribution in [0.4, 0.5) is 0 Å². The van der Waals surface area contributed by atoms with E-state index in [1.165, 1.54) is 5.56 Å². The Labute approximate surface area is 128 Å². The van der Waals surface area contributed by atoms with Gasteiger partial charge in [0, 0.05) is 11.8 Å². The molecule has 0 aliphatic heterocycles. The van der Waals surface area contributed by atoms with Gasteiger partial charge in [0.05, 0.1) is 11.0 Å². The molecule has 0 spiro atoms. The van der Waals surface area contributed by atoms with E-state index in [9.17, 15) is 0 Å². The fourth-order valence-electron chi connectivity index (χ4n) is 2.64. The lowest BCUT2D eigenvalue weighted by molar-refractivity contribution is 1.03. The summed E-state index contributed by atoms with van der Waals surface area (Å²) in [6, 6.07) is 22.5. The minimum Gasteiger partial charge on any atom is -0.276 e. The number of pyridine rings is 1. The normalized spacial score (nSPS) is 11.0. The van der Waals surface area contributed by atoms with Crippen LogP contribution >= 0.6 is 0 Å². The molecule has 0 fully saturated rings. The van der Waals surface area contributed by atoms with Gasteiger partial charge >= 0.3 is 0 Å². The van der Waals surface area contributed by atoms with Gasteiger partial charge in [-0.25, -0.2) is 9.97 Å². The van der Waals surface area contributed by atoms with E-state index >= 15 is 0 Å². The van der Waals surface area contributed by atoms with E-state index in [0.717, 1.165) is 28.2 Å². The Kier molecular flexibility index (Phi) is 2.97. The maximum Gasteiger partial charge on any atom is 0.146 e. The first kappa shape index (κ1) is 12.8. The van der Waals surface area contributed by atoms with E-state index in [2.05, 4.69) is 46.8 Å². The Morgan fingerprint density at radius 2 is 1.59 bits per heavy atom. The minimum atomic E-state index is 0.881. The molecule has 0 radical (unpaired) electrons. The van der Waals surface area contributed by atoms with E-state index in [4.69, 9.17) is 4.98 Å². The molecule has 0 bridgehead atoms. The first-order valence-corrected chi connectivity index (χ1v) is 7.29. The summed E-state index contributed by atoms with van der Waals surface area (Å²) < 4.78 is 2.11. The lowest BCUT2D eigenvalue weighted by Crippen LogP contribution is -1.99. The summed E-state index contributed by atoms with van der Waals surface area (Å²) in [4.78, 5) is 9.31. The van der Waals surface area contributed by atoms with E-state index < -0.39 is 0 Å². The number of nitrogens with zero attached hydrogens (tertiary/aromatic N) is 3. The minimum absolute atomic E-state index is 0.881. The number of para-hydroxylation sites is 2. The summed E-state index contributed by atoms with van der Waals surface area (Å²) in [6.45, 7) is 2.09. The molecular weight excluding hydrogens is 270 g/mol. The summed E-state index contributed by atoms with van der Waals surface area (Å²) in [7, 11) is 0. The zero-order chi connectivity index (χ0) is 14.9. The molecule has 0 atom stereocenters. The summed E-state index contributed by atoms with van der Waals surface area (Å²) >= 11 is 0. The van der Waals surface area contributed by atoms with Gasteiger partial charge in [0.1, 0.15) is 11.6 Å². The predicted octanol–water partition coefficient (Wildman–Crippen LogP) is 4.40. The summed E-state index contributed by atoms with van der Waals surface area (Å²) in [5.41, 5.74) is 4.37. The Balaban J connectivity index is 2.04. The van der Waals surface area contributed by atoms with Crippen LogP contribution in [0.3, 0.4) is 0 Å². The molecule has 0 saturated heterocycles. The fraction of sp³-hybridized carbons (Fsp3) is 0.0526. The van der Waals surface area contributed by atoms with Crippen molar-refractivity contribution >= 4 is 11.0 Å². The van der Waals surface area contributed by atoms with E-state index in [0.29, 0.717) is 0 Å². The van der Waals surface area contributed by atoms with Crippen molar-refractivity contribution in [2.24, 2.45) is 0 Å². The van der Waals surface area contributed by atoms with Crippen LogP contribution in [0, 0.1) is 6.92 Å². The van der Waals surface area contributed by atoms with E-state index in [1.807, 2.05) is 42.6 Å². The van der Waals surface area contributed by atoms with Crippen LogP contribution < -0.4 is 0 Å². The Morgan fingerprint density at radius 3 is 2.36 bits per heavy atom. The van der Waals surface area contributed by atoms with Gasteiger partial charge in [-0.3, -0.25) is 4.57 Å². The highest BCUT2D eigenvalue weighted by atomic mass is 15.1. The van der Waals surface area contributed by atoms with Gasteiger partial charge in [-0.05, 0) is 31.2 Å². The highest BCUT2D eigenvalue weighted by Gasteiger charge is 2.14. The first-order valence-electron chi connectivity index (χ1n) is 7.29. The second-order valence-electron chi connectivity index (χ2n) is 5.31. The maximum absolute atomic E-state index is 4.81. The zero-order valence-electron chi connectivity index (χ0n) is 12.3. The van der Waals surface area contributed by atoms with Crippen molar-refractivity contribution in [3.8, 4) is 17.2 Å². The van der Waals surface area contributed by atoms with Gasteiger partial charge < -0.3 is 0 Å². The molecule has 4 rings (SSSR count). The number of fused-ring (bicyclic) bond motifs is 1. The van der Waals surface area contributed by atoms with Crippen molar-refractivity contribution in [1.29, 1.82) is 0 Å². The van der Waals surface area contributed by atoms with Gasteiger partial charge in [-0.2, -0.15) is 0 Å². The second kappa shape index (κ2) is 5.11. The number of imidazole rings is 1. The zero-order valence-corrected chi connectivity index (χ0v) is 12.3. The average molecular weight is 285 g/mol. The Hall–Kier alpha value is -2.94. The summed E-state index contributed by atoms with van der Waals surface area (Å²) in [5.74, 6) is 1.80. The SMILES string of the molecule is Cc1ccc(-c2nc3ccccc3n2-c2ccccn2)cc1. The molecule has 0 aliphatic carbocycles. The molecule has 2 heterocycles. The number of benzene rings is 2. The van der Waals surface area contributed by atoms with Crippen LogP contribution in [-0.2, 0) is 0 Å². The number of aryl methyl sites for hydroxylation is 1. The average Bonchev–Trinajstić information content (AvgIpc) is 2.96. The van der Waals surface area contributed by atoms with Crippen molar-refractivity contribution in [3.63, 3.8) is 0 Å². The molecule has 0 aliphatic rings. The molecule has 22 heavy (non-hydrogen) atoms. The molecule has 0 unspecified atom stereocenters. The number of rotatable bonds is 2. The third kappa shape index (κ3) is 2.07. The second-order valence-corrected chi connectivity index (χ2v) is 5.31. The van der Waals surface area contributed by atoms with Crippen LogP contribution in [-0.4, -0.2) is 14.5 Å². The van der Waals surface area contributed by atoms with Crippen molar-refractivity contribution < 1.29 is 0 Å². The van der Waals surface area contributed by atoms with Crippen LogP contribution in [0.2, 0.25) is 0 Å². The fourth-order valence-corrected chi connectivity index (χ4v) is 2.64. The number of aromatic nitrogens is 3. The topological polar surface area (TPSA) is 30.7 Å². The number of hydrogen-bond acceptors (Lipinski definition) is 2. The van der Waals surface area contributed by atoms with E-state index in [1.54, 1.807) is 0 Å². The maximum atomic E-state index is 4.81. The molecule has 0 amide bonds. The molecular formula is C19H15N3. The molecule has 2 aromatic heterocycles. The largest absolute Gasteiger partial charge is 0.276 e. The van der Waals surface area contributed by atoms with Crippen LogP contribution in [0.5, 0.6) is 0 Å². The molecule has 3 nitrogen and oxygen atoms in total. The number of hydrogen-bond donors (Lipinski definition) is 0. The van der Waals surface area contributed by atoms with Crippen molar-refractivity contribution in [3.05, 3.63) is 78.5 Å². The highest BCUT2D eigenvalue weighted by molar-refractivity contribution is 5.82. The van der Waals surface area contributed by atoms with Crippen LogP contribution in [0.1, 0.15) is 5.56 Å². The quantitative estimate of drug-likeness (QED) is 0.546. The monoisotopic (exact) mass is 285 g/mol. The molecule has 4 aromatic rings. The molecule has 106 valence electrons. The first-order chi connectivity index (χ1) is 10.8. The van der Waals surface area contributed by atoms with Gasteiger partial charge in [0.15, 0.2) is 0 Å². The van der Waals surface area contributed by atoms with Crippen LogP contribution in [0.25, 0.3) is 28.2 Å². The lowest BCUT2D eigenvalue weighted by atomic mass is 10.1. The van der Waals surface area contributed by atoms with Gasteiger partial charge in [-0.15, -0.1) is 0 Å². The third-order valence-electron chi connectivity index (χ3n) is 3.75. The summed E-state index contributed by atoms with van der Waals surface area (Å²) in [5, 5.41) is 0. The molecule has 0 N–H and O–H groups in total. The molecule has 2 aromatic carbocycles.